The number of carbonyl (C=O) groups is 2. The fourth-order valence-corrected chi connectivity index (χ4v) is 4.61. The lowest BCUT2D eigenvalue weighted by Crippen LogP contribution is -2.49. The average molecular weight is 458 g/mol. The summed E-state index contributed by atoms with van der Waals surface area (Å²) in [5.74, 6) is 0.0835. The molecular weight excluding hydrogens is 426 g/mol. The third kappa shape index (κ3) is 5.36. The number of nitrogens with zero attached hydrogens (tertiary/aromatic N) is 4. The number of carbonyl (C=O) groups excluding carboxylic acids is 2. The highest BCUT2D eigenvalue weighted by atomic mass is 16.2. The molecule has 7 nitrogen and oxygen atoms in total. The lowest BCUT2D eigenvalue weighted by Gasteiger charge is -2.33. The molecule has 7 heteroatoms. The normalized spacial score (nSPS) is 14.7. The number of amides is 1. The molecule has 0 radical (unpaired) electrons. The topological polar surface area (TPSA) is 81.4 Å². The largest absolute Gasteiger partial charge is 0.346 e. The second-order valence-corrected chi connectivity index (χ2v) is 8.95. The first kappa shape index (κ1) is 23.7. The summed E-state index contributed by atoms with van der Waals surface area (Å²) < 4.78 is 2.00. The van der Waals surface area contributed by atoms with Crippen LogP contribution in [0.1, 0.15) is 27.9 Å². The number of hydrogen-bond donors (Lipinski definition) is 1. The molecule has 0 atom stereocenters. The van der Waals surface area contributed by atoms with Crippen molar-refractivity contribution in [2.24, 2.45) is 0 Å². The van der Waals surface area contributed by atoms with Crippen molar-refractivity contribution in [3.8, 4) is 6.07 Å². The van der Waals surface area contributed by atoms with Crippen molar-refractivity contribution in [2.45, 2.75) is 26.8 Å². The van der Waals surface area contributed by atoms with Crippen LogP contribution in [0, 0.1) is 25.2 Å². The van der Waals surface area contributed by atoms with E-state index >= 15 is 0 Å². The second-order valence-electron chi connectivity index (χ2n) is 8.95. The fourth-order valence-electron chi connectivity index (χ4n) is 4.61. The first-order chi connectivity index (χ1) is 16.5. The number of ketones is 1. The molecule has 0 saturated carbocycles. The van der Waals surface area contributed by atoms with Crippen LogP contribution in [-0.2, 0) is 11.3 Å². The molecule has 2 heterocycles. The van der Waals surface area contributed by atoms with E-state index in [2.05, 4.69) is 21.2 Å². The van der Waals surface area contributed by atoms with Crippen LogP contribution in [-0.4, -0.2) is 65.3 Å². The summed E-state index contributed by atoms with van der Waals surface area (Å²) in [7, 11) is 0. The van der Waals surface area contributed by atoms with E-state index in [0.717, 1.165) is 53.9 Å². The highest BCUT2D eigenvalue weighted by Gasteiger charge is 2.23. The van der Waals surface area contributed by atoms with Crippen LogP contribution < -0.4 is 5.32 Å². The van der Waals surface area contributed by atoms with Gasteiger partial charge in [-0.25, -0.2) is 0 Å². The Morgan fingerprint density at radius 3 is 2.26 bits per heavy atom. The van der Waals surface area contributed by atoms with Crippen LogP contribution in [0.2, 0.25) is 0 Å². The molecule has 0 aliphatic carbocycles. The van der Waals surface area contributed by atoms with Crippen molar-refractivity contribution in [3.05, 3.63) is 65.4 Å². The minimum absolute atomic E-state index is 0.00731. The van der Waals surface area contributed by atoms with Gasteiger partial charge in [-0.3, -0.25) is 19.4 Å². The van der Waals surface area contributed by atoms with Crippen molar-refractivity contribution in [2.75, 3.05) is 44.6 Å². The number of anilines is 1. The SMILES string of the molecule is Cc1cccc(C)c1NC(=O)CN1CCN(CC(=O)c2cn(CCC#N)c3ccccc23)CC1. The van der Waals surface area contributed by atoms with Crippen molar-refractivity contribution >= 4 is 28.3 Å². The smallest absolute Gasteiger partial charge is 0.238 e. The first-order valence-electron chi connectivity index (χ1n) is 11.7. The molecule has 2 aromatic carbocycles. The number of aryl methyl sites for hydroxylation is 3. The van der Waals surface area contributed by atoms with Gasteiger partial charge in [0.2, 0.25) is 5.91 Å². The molecule has 1 aliphatic rings. The van der Waals surface area contributed by atoms with Gasteiger partial charge in [-0.05, 0) is 31.0 Å². The summed E-state index contributed by atoms with van der Waals surface area (Å²) in [5.41, 5.74) is 4.71. The van der Waals surface area contributed by atoms with Crippen molar-refractivity contribution in [1.82, 2.24) is 14.4 Å². The third-order valence-electron chi connectivity index (χ3n) is 6.50. The van der Waals surface area contributed by atoms with E-state index in [0.29, 0.717) is 31.6 Å². The number of fused-ring (bicyclic) bond motifs is 1. The molecule has 3 aromatic rings. The van der Waals surface area contributed by atoms with Gasteiger partial charge in [0.05, 0.1) is 25.6 Å². The molecule has 4 rings (SSSR count). The quantitative estimate of drug-likeness (QED) is 0.523. The Labute approximate surface area is 200 Å². The zero-order valence-corrected chi connectivity index (χ0v) is 19.9. The zero-order chi connectivity index (χ0) is 24.1. The summed E-state index contributed by atoms with van der Waals surface area (Å²) in [6, 6.07) is 16.0. The number of rotatable bonds is 8. The number of aromatic nitrogens is 1. The minimum Gasteiger partial charge on any atom is -0.346 e. The van der Waals surface area contributed by atoms with Crippen molar-refractivity contribution < 1.29 is 9.59 Å². The number of hydrogen-bond acceptors (Lipinski definition) is 5. The summed E-state index contributed by atoms with van der Waals surface area (Å²) in [4.78, 5) is 30.0. The van der Waals surface area contributed by atoms with E-state index in [1.165, 1.54) is 0 Å². The molecule has 34 heavy (non-hydrogen) atoms. The van der Waals surface area contributed by atoms with Gasteiger partial charge in [-0.15, -0.1) is 0 Å². The molecule has 1 aliphatic heterocycles. The fraction of sp³-hybridized carbons (Fsp3) is 0.370. The van der Waals surface area contributed by atoms with Crippen LogP contribution in [0.5, 0.6) is 0 Å². The second kappa shape index (κ2) is 10.6. The third-order valence-corrected chi connectivity index (χ3v) is 6.50. The van der Waals surface area contributed by atoms with Gasteiger partial charge in [-0.2, -0.15) is 5.26 Å². The van der Waals surface area contributed by atoms with E-state index in [1.54, 1.807) is 0 Å². The summed E-state index contributed by atoms with van der Waals surface area (Å²) in [6.45, 7) is 8.27. The highest BCUT2D eigenvalue weighted by molar-refractivity contribution is 6.09. The maximum atomic E-state index is 13.1. The lowest BCUT2D eigenvalue weighted by atomic mass is 10.1. The van der Waals surface area contributed by atoms with E-state index in [4.69, 9.17) is 5.26 Å². The predicted molar refractivity (Wildman–Crippen MR) is 134 cm³/mol. The predicted octanol–water partition coefficient (Wildman–Crippen LogP) is 3.61. The van der Waals surface area contributed by atoms with Gasteiger partial charge in [-0.1, -0.05) is 36.4 Å². The minimum atomic E-state index is -0.00731. The molecule has 1 fully saturated rings. The van der Waals surface area contributed by atoms with Gasteiger partial charge < -0.3 is 9.88 Å². The van der Waals surface area contributed by atoms with E-state index in [1.807, 2.05) is 67.1 Å². The van der Waals surface area contributed by atoms with Gasteiger partial charge in [0.25, 0.3) is 0 Å². The molecule has 176 valence electrons. The van der Waals surface area contributed by atoms with Crippen molar-refractivity contribution in [3.63, 3.8) is 0 Å². The number of para-hydroxylation sites is 2. The standard InChI is InChI=1S/C27H31N5O2/c1-20-7-5-8-21(2)27(20)29-26(34)19-31-15-13-30(14-16-31)18-25(33)23-17-32(12-6-11-28)24-10-4-3-9-22(23)24/h3-5,7-10,17H,6,12-16,18-19H2,1-2H3,(H,29,34). The van der Waals surface area contributed by atoms with Crippen LogP contribution in [0.3, 0.4) is 0 Å². The van der Waals surface area contributed by atoms with Crippen LogP contribution in [0.25, 0.3) is 10.9 Å². The Bertz CT molecular complexity index is 1210. The molecule has 1 amide bonds. The van der Waals surface area contributed by atoms with Crippen LogP contribution in [0.4, 0.5) is 5.69 Å². The van der Waals surface area contributed by atoms with Gasteiger partial charge >= 0.3 is 0 Å². The molecule has 0 spiro atoms. The number of piperazine rings is 1. The number of Topliss-reactive ketones (excluding diaryl/α,β-unsaturated/α-hetero) is 1. The number of nitrogens with one attached hydrogen (secondary N) is 1. The summed E-state index contributed by atoms with van der Waals surface area (Å²) in [6.07, 6.45) is 2.30. The van der Waals surface area contributed by atoms with Crippen LogP contribution in [0.15, 0.2) is 48.7 Å². The van der Waals surface area contributed by atoms with E-state index in [-0.39, 0.29) is 11.7 Å². The molecular formula is C27H31N5O2. The molecule has 1 saturated heterocycles. The van der Waals surface area contributed by atoms with Gasteiger partial charge in [0.1, 0.15) is 0 Å². The Morgan fingerprint density at radius 2 is 1.59 bits per heavy atom. The molecule has 0 bridgehead atoms. The molecule has 1 N–H and O–H groups in total. The Balaban J connectivity index is 1.32. The molecule has 0 unspecified atom stereocenters. The number of benzene rings is 2. The van der Waals surface area contributed by atoms with E-state index < -0.39 is 0 Å². The summed E-state index contributed by atoms with van der Waals surface area (Å²) >= 11 is 0. The van der Waals surface area contributed by atoms with Gasteiger partial charge in [0, 0.05) is 61.1 Å². The zero-order valence-electron chi connectivity index (χ0n) is 19.9. The Hall–Kier alpha value is -3.47. The Morgan fingerprint density at radius 1 is 0.941 bits per heavy atom. The lowest BCUT2D eigenvalue weighted by molar-refractivity contribution is -0.117. The van der Waals surface area contributed by atoms with Crippen molar-refractivity contribution in [1.29, 1.82) is 5.26 Å². The Kier molecular flexibility index (Phi) is 7.41. The average Bonchev–Trinajstić information content (AvgIpc) is 3.20. The van der Waals surface area contributed by atoms with Crippen LogP contribution >= 0.6 is 0 Å². The van der Waals surface area contributed by atoms with Gasteiger partial charge in [0.15, 0.2) is 5.78 Å². The highest BCUT2D eigenvalue weighted by Crippen LogP contribution is 2.23. The maximum absolute atomic E-state index is 13.1. The summed E-state index contributed by atoms with van der Waals surface area (Å²) in [5, 5.41) is 12.9. The monoisotopic (exact) mass is 457 g/mol. The maximum Gasteiger partial charge on any atom is 0.238 e. The first-order valence-corrected chi connectivity index (χ1v) is 11.7. The number of nitriles is 1. The molecule has 1 aromatic heterocycles. The van der Waals surface area contributed by atoms with E-state index in [9.17, 15) is 9.59 Å².